The number of hydrogen-bond acceptors (Lipinski definition) is 3. The Hall–Kier alpha value is -2.53. The molecule has 31 heavy (non-hydrogen) atoms. The van der Waals surface area contributed by atoms with Gasteiger partial charge in [-0.1, -0.05) is 56.1 Å². The zero-order valence-electron chi connectivity index (χ0n) is 18.7. The van der Waals surface area contributed by atoms with E-state index >= 15 is 0 Å². The maximum Gasteiger partial charge on any atom is 0.260 e. The van der Waals surface area contributed by atoms with Gasteiger partial charge in [-0.25, -0.2) is 0 Å². The summed E-state index contributed by atoms with van der Waals surface area (Å²) in [6, 6.07) is 13.0. The number of likely N-dealkylation sites (tertiary alicyclic amines) is 1. The number of amides is 2. The summed E-state index contributed by atoms with van der Waals surface area (Å²) in [4.78, 5) is 26.9. The molecule has 0 atom stereocenters. The molecule has 2 aromatic rings. The Morgan fingerprint density at radius 2 is 1.84 bits per heavy atom. The molecule has 0 radical (unpaired) electrons. The lowest BCUT2D eigenvalue weighted by molar-refractivity contribution is -0.134. The van der Waals surface area contributed by atoms with E-state index in [1.807, 2.05) is 17.0 Å². The first-order valence-electron chi connectivity index (χ1n) is 10.7. The molecule has 2 amide bonds. The molecule has 1 N–H and O–H groups in total. The number of nitrogens with one attached hydrogen (secondary N) is 1. The Kier molecular flexibility index (Phi) is 7.26. The molecule has 166 valence electrons. The molecule has 1 aliphatic rings. The summed E-state index contributed by atoms with van der Waals surface area (Å²) in [7, 11) is 0. The number of hydrogen-bond donors (Lipinski definition) is 1. The lowest BCUT2D eigenvalue weighted by Crippen LogP contribution is -2.47. The highest BCUT2D eigenvalue weighted by Gasteiger charge is 2.25. The van der Waals surface area contributed by atoms with Gasteiger partial charge in [0.1, 0.15) is 5.75 Å². The Morgan fingerprint density at radius 3 is 2.48 bits per heavy atom. The first-order chi connectivity index (χ1) is 14.6. The first kappa shape index (κ1) is 23.1. The van der Waals surface area contributed by atoms with Crippen LogP contribution >= 0.6 is 11.6 Å². The van der Waals surface area contributed by atoms with Gasteiger partial charge in [0.2, 0.25) is 0 Å². The van der Waals surface area contributed by atoms with Crippen LogP contribution in [0.1, 0.15) is 55.1 Å². The molecule has 0 spiro atoms. The zero-order valence-corrected chi connectivity index (χ0v) is 19.5. The van der Waals surface area contributed by atoms with Crippen LogP contribution in [0.25, 0.3) is 0 Å². The minimum atomic E-state index is -0.135. The standard InChI is InChI=1S/C25H31ClN2O3/c1-17-8-9-22(21(14-17)25(2,3)4)31-16-23(29)28-12-10-20(11-13-28)27-24(30)18-6-5-7-19(26)15-18/h5-9,14-15,20H,10-13,16H2,1-4H3,(H,27,30). The van der Waals surface area contributed by atoms with Crippen molar-refractivity contribution in [1.29, 1.82) is 0 Å². The van der Waals surface area contributed by atoms with Crippen LogP contribution in [0.2, 0.25) is 5.02 Å². The van der Waals surface area contributed by atoms with Crippen molar-refractivity contribution in [2.75, 3.05) is 19.7 Å². The fraction of sp³-hybridized carbons (Fsp3) is 0.440. The lowest BCUT2D eigenvalue weighted by Gasteiger charge is -2.32. The summed E-state index contributed by atoms with van der Waals surface area (Å²) in [5.74, 6) is 0.597. The maximum atomic E-state index is 12.7. The summed E-state index contributed by atoms with van der Waals surface area (Å²) in [6.07, 6.45) is 1.44. The Balaban J connectivity index is 1.50. The number of halogens is 1. The van der Waals surface area contributed by atoms with E-state index in [0.717, 1.165) is 24.2 Å². The molecule has 5 nitrogen and oxygen atoms in total. The number of piperidine rings is 1. The average molecular weight is 443 g/mol. The summed E-state index contributed by atoms with van der Waals surface area (Å²) in [5, 5.41) is 3.58. The monoisotopic (exact) mass is 442 g/mol. The van der Waals surface area contributed by atoms with Gasteiger partial charge in [-0.05, 0) is 55.0 Å². The Bertz CT molecular complexity index is 944. The Morgan fingerprint density at radius 1 is 1.13 bits per heavy atom. The molecule has 1 aliphatic heterocycles. The molecule has 0 aliphatic carbocycles. The van der Waals surface area contributed by atoms with Crippen LogP contribution in [-0.2, 0) is 10.2 Å². The molecule has 0 saturated carbocycles. The molecule has 0 bridgehead atoms. The van der Waals surface area contributed by atoms with Crippen LogP contribution < -0.4 is 10.1 Å². The minimum absolute atomic E-state index is 0.0195. The fourth-order valence-electron chi connectivity index (χ4n) is 3.76. The topological polar surface area (TPSA) is 58.6 Å². The van der Waals surface area contributed by atoms with Gasteiger partial charge in [0.05, 0.1) is 0 Å². The lowest BCUT2D eigenvalue weighted by atomic mass is 9.85. The van der Waals surface area contributed by atoms with Gasteiger partial charge < -0.3 is 15.0 Å². The predicted octanol–water partition coefficient (Wildman–Crippen LogP) is 4.75. The number of carbonyl (C=O) groups excluding carboxylic acids is 2. The molecule has 0 unspecified atom stereocenters. The third-order valence-corrected chi connectivity index (χ3v) is 5.80. The number of ether oxygens (including phenoxy) is 1. The van der Waals surface area contributed by atoms with Crippen LogP contribution in [-0.4, -0.2) is 42.5 Å². The minimum Gasteiger partial charge on any atom is -0.483 e. The highest BCUT2D eigenvalue weighted by atomic mass is 35.5. The molecular formula is C25H31ClN2O3. The summed E-state index contributed by atoms with van der Waals surface area (Å²) < 4.78 is 5.92. The molecule has 3 rings (SSSR count). The van der Waals surface area contributed by atoms with E-state index in [1.165, 1.54) is 5.56 Å². The van der Waals surface area contributed by atoms with Crippen molar-refractivity contribution in [2.24, 2.45) is 0 Å². The second kappa shape index (κ2) is 9.73. The van der Waals surface area contributed by atoms with E-state index in [9.17, 15) is 9.59 Å². The van der Waals surface area contributed by atoms with Crippen molar-refractivity contribution in [2.45, 2.75) is 52.0 Å². The van der Waals surface area contributed by atoms with Crippen molar-refractivity contribution < 1.29 is 14.3 Å². The fourth-order valence-corrected chi connectivity index (χ4v) is 3.95. The molecule has 1 heterocycles. The van der Waals surface area contributed by atoms with Crippen LogP contribution in [0.4, 0.5) is 0 Å². The summed E-state index contributed by atoms with van der Waals surface area (Å²) in [5.41, 5.74) is 2.75. The summed E-state index contributed by atoms with van der Waals surface area (Å²) in [6.45, 7) is 9.69. The van der Waals surface area contributed by atoms with E-state index in [4.69, 9.17) is 16.3 Å². The smallest absolute Gasteiger partial charge is 0.260 e. The molecule has 1 fully saturated rings. The molecule has 1 saturated heterocycles. The van der Waals surface area contributed by atoms with Crippen molar-refractivity contribution in [3.8, 4) is 5.75 Å². The van der Waals surface area contributed by atoms with E-state index in [2.05, 4.69) is 39.1 Å². The van der Waals surface area contributed by atoms with Gasteiger partial charge >= 0.3 is 0 Å². The molecule has 2 aromatic carbocycles. The number of aryl methyl sites for hydroxylation is 1. The van der Waals surface area contributed by atoms with Gasteiger partial charge in [-0.3, -0.25) is 9.59 Å². The van der Waals surface area contributed by atoms with Gasteiger partial charge in [-0.2, -0.15) is 0 Å². The van der Waals surface area contributed by atoms with Crippen molar-refractivity contribution in [3.63, 3.8) is 0 Å². The van der Waals surface area contributed by atoms with Crippen LogP contribution in [0.3, 0.4) is 0 Å². The second-order valence-corrected chi connectivity index (χ2v) is 9.61. The predicted molar refractivity (Wildman–Crippen MR) is 124 cm³/mol. The zero-order chi connectivity index (χ0) is 22.6. The molecular weight excluding hydrogens is 412 g/mol. The highest BCUT2D eigenvalue weighted by molar-refractivity contribution is 6.30. The van der Waals surface area contributed by atoms with E-state index in [1.54, 1.807) is 24.3 Å². The Labute approximate surface area is 189 Å². The van der Waals surface area contributed by atoms with Crippen LogP contribution in [0.15, 0.2) is 42.5 Å². The normalized spacial score (nSPS) is 14.9. The third-order valence-electron chi connectivity index (χ3n) is 5.56. The SMILES string of the molecule is Cc1ccc(OCC(=O)N2CCC(NC(=O)c3cccc(Cl)c3)CC2)c(C(C)(C)C)c1. The van der Waals surface area contributed by atoms with Crippen LogP contribution in [0.5, 0.6) is 5.75 Å². The van der Waals surface area contributed by atoms with Gasteiger partial charge in [-0.15, -0.1) is 0 Å². The second-order valence-electron chi connectivity index (χ2n) is 9.18. The van der Waals surface area contributed by atoms with E-state index in [-0.39, 0.29) is 29.9 Å². The molecule has 0 aromatic heterocycles. The maximum absolute atomic E-state index is 12.7. The van der Waals surface area contributed by atoms with Gasteiger partial charge in [0.15, 0.2) is 6.61 Å². The van der Waals surface area contributed by atoms with Crippen molar-refractivity contribution in [1.82, 2.24) is 10.2 Å². The van der Waals surface area contributed by atoms with Gasteiger partial charge in [0, 0.05) is 29.7 Å². The first-order valence-corrected chi connectivity index (χ1v) is 11.1. The average Bonchev–Trinajstić information content (AvgIpc) is 2.72. The van der Waals surface area contributed by atoms with Crippen molar-refractivity contribution >= 4 is 23.4 Å². The third kappa shape index (κ3) is 6.23. The van der Waals surface area contributed by atoms with Crippen molar-refractivity contribution in [3.05, 3.63) is 64.2 Å². The number of benzene rings is 2. The molecule has 6 heteroatoms. The summed E-state index contributed by atoms with van der Waals surface area (Å²) >= 11 is 5.97. The van der Waals surface area contributed by atoms with E-state index < -0.39 is 0 Å². The number of rotatable bonds is 5. The number of nitrogens with zero attached hydrogens (tertiary/aromatic N) is 1. The number of carbonyl (C=O) groups is 2. The quantitative estimate of drug-likeness (QED) is 0.727. The largest absolute Gasteiger partial charge is 0.483 e. The van der Waals surface area contributed by atoms with Gasteiger partial charge in [0.25, 0.3) is 11.8 Å². The highest BCUT2D eigenvalue weighted by Crippen LogP contribution is 2.32. The van der Waals surface area contributed by atoms with E-state index in [0.29, 0.717) is 23.7 Å². The van der Waals surface area contributed by atoms with Crippen LogP contribution in [0, 0.1) is 6.92 Å².